The van der Waals surface area contributed by atoms with E-state index in [0.717, 1.165) is 5.69 Å². The van der Waals surface area contributed by atoms with E-state index in [2.05, 4.69) is 42.6 Å². The lowest BCUT2D eigenvalue weighted by Crippen LogP contribution is -2.39. The first-order valence-electron chi connectivity index (χ1n) is 9.14. The Hall–Kier alpha value is -3.16. The lowest BCUT2D eigenvalue weighted by atomic mass is 10.00. The number of hydrogen-bond acceptors (Lipinski definition) is 3. The van der Waals surface area contributed by atoms with Crippen molar-refractivity contribution in [2.24, 2.45) is 0 Å². The molecule has 0 fully saturated rings. The molecule has 0 aromatic heterocycles. The highest BCUT2D eigenvalue weighted by Crippen LogP contribution is 2.24. The number of carbonyl (C=O) groups is 1. The molecule has 1 N–H and O–H groups in total. The van der Waals surface area contributed by atoms with Crippen LogP contribution in [0, 0.1) is 11.3 Å². The summed E-state index contributed by atoms with van der Waals surface area (Å²) in [5.41, 5.74) is 1.99. The standard InChI is InChI=1S/C23H23N3O/c1-18(21-14-7-10-19-9-5-6-13-22(19)21)25-17-23(27)26(16-8-15-24)20-11-3-2-4-12-20/h2-7,9-14,18,25H,8,16-17H2,1H3. The van der Waals surface area contributed by atoms with Gasteiger partial charge in [-0.15, -0.1) is 0 Å². The number of hydrogen-bond donors (Lipinski definition) is 1. The second-order valence-electron chi connectivity index (χ2n) is 6.46. The molecule has 0 bridgehead atoms. The third-order valence-electron chi connectivity index (χ3n) is 4.67. The molecule has 27 heavy (non-hydrogen) atoms. The fourth-order valence-corrected chi connectivity index (χ4v) is 3.24. The smallest absolute Gasteiger partial charge is 0.240 e. The van der Waals surface area contributed by atoms with Gasteiger partial charge in [0.2, 0.25) is 5.91 Å². The molecule has 3 aromatic rings. The quantitative estimate of drug-likeness (QED) is 0.680. The van der Waals surface area contributed by atoms with Crippen molar-refractivity contribution in [3.05, 3.63) is 78.4 Å². The van der Waals surface area contributed by atoms with Gasteiger partial charge in [-0.2, -0.15) is 5.26 Å². The first-order chi connectivity index (χ1) is 13.2. The number of carbonyl (C=O) groups excluding carboxylic acids is 1. The summed E-state index contributed by atoms with van der Waals surface area (Å²) in [6, 6.07) is 26.1. The van der Waals surface area contributed by atoms with Crippen LogP contribution in [0.15, 0.2) is 72.8 Å². The molecule has 0 aliphatic carbocycles. The SMILES string of the molecule is CC(NCC(=O)N(CCC#N)c1ccccc1)c1cccc2ccccc12. The van der Waals surface area contributed by atoms with Crippen molar-refractivity contribution in [1.82, 2.24) is 5.32 Å². The predicted molar refractivity (Wildman–Crippen MR) is 109 cm³/mol. The molecule has 3 rings (SSSR count). The Balaban J connectivity index is 1.72. The van der Waals surface area contributed by atoms with E-state index in [1.807, 2.05) is 48.5 Å². The maximum atomic E-state index is 12.8. The van der Waals surface area contributed by atoms with Crippen LogP contribution in [0.5, 0.6) is 0 Å². The number of rotatable bonds is 7. The van der Waals surface area contributed by atoms with E-state index in [1.165, 1.54) is 16.3 Å². The first kappa shape index (κ1) is 18.6. The van der Waals surface area contributed by atoms with Crippen molar-refractivity contribution in [1.29, 1.82) is 5.26 Å². The van der Waals surface area contributed by atoms with Crippen LogP contribution >= 0.6 is 0 Å². The summed E-state index contributed by atoms with van der Waals surface area (Å²) in [6.07, 6.45) is 0.305. The van der Waals surface area contributed by atoms with Crippen molar-refractivity contribution in [2.45, 2.75) is 19.4 Å². The Labute approximate surface area is 160 Å². The molecule has 0 heterocycles. The summed E-state index contributed by atoms with van der Waals surface area (Å²) in [6.45, 7) is 2.67. The Bertz CT molecular complexity index is 941. The van der Waals surface area contributed by atoms with Crippen molar-refractivity contribution in [2.75, 3.05) is 18.0 Å². The van der Waals surface area contributed by atoms with Crippen LogP contribution in [-0.2, 0) is 4.79 Å². The molecule has 3 aromatic carbocycles. The average molecular weight is 357 g/mol. The lowest BCUT2D eigenvalue weighted by molar-refractivity contribution is -0.117. The van der Waals surface area contributed by atoms with Crippen LogP contribution in [0.2, 0.25) is 0 Å². The second-order valence-corrected chi connectivity index (χ2v) is 6.46. The molecule has 1 unspecified atom stereocenters. The Morgan fingerprint density at radius 3 is 2.52 bits per heavy atom. The van der Waals surface area contributed by atoms with Gasteiger partial charge < -0.3 is 10.2 Å². The molecule has 136 valence electrons. The Morgan fingerprint density at radius 1 is 1.04 bits per heavy atom. The number of benzene rings is 3. The molecule has 0 aliphatic rings. The van der Waals surface area contributed by atoms with Gasteiger partial charge in [0, 0.05) is 18.3 Å². The average Bonchev–Trinajstić information content (AvgIpc) is 2.72. The number of fused-ring (bicyclic) bond motifs is 1. The van der Waals surface area contributed by atoms with E-state index in [1.54, 1.807) is 4.90 Å². The monoisotopic (exact) mass is 357 g/mol. The molecule has 1 amide bonds. The fraction of sp³-hybridized carbons (Fsp3) is 0.217. The summed E-state index contributed by atoms with van der Waals surface area (Å²) in [7, 11) is 0. The third kappa shape index (κ3) is 4.52. The second kappa shape index (κ2) is 8.98. The highest BCUT2D eigenvalue weighted by atomic mass is 16.2. The van der Waals surface area contributed by atoms with Gasteiger partial charge in [0.25, 0.3) is 0 Å². The third-order valence-corrected chi connectivity index (χ3v) is 4.67. The molecule has 1 atom stereocenters. The van der Waals surface area contributed by atoms with Crippen LogP contribution in [-0.4, -0.2) is 19.0 Å². The van der Waals surface area contributed by atoms with Crippen LogP contribution < -0.4 is 10.2 Å². The molecule has 0 radical (unpaired) electrons. The van der Waals surface area contributed by atoms with Gasteiger partial charge in [-0.1, -0.05) is 60.7 Å². The number of para-hydroxylation sites is 1. The number of nitrogens with zero attached hydrogens (tertiary/aromatic N) is 2. The van der Waals surface area contributed by atoms with Crippen LogP contribution in [0.25, 0.3) is 10.8 Å². The maximum absolute atomic E-state index is 12.8. The maximum Gasteiger partial charge on any atom is 0.240 e. The highest BCUT2D eigenvalue weighted by molar-refractivity contribution is 5.95. The van der Waals surface area contributed by atoms with Gasteiger partial charge in [-0.25, -0.2) is 0 Å². The Morgan fingerprint density at radius 2 is 1.74 bits per heavy atom. The van der Waals surface area contributed by atoms with Crippen molar-refractivity contribution in [3.63, 3.8) is 0 Å². The molecular weight excluding hydrogens is 334 g/mol. The minimum Gasteiger partial charge on any atom is -0.310 e. The van der Waals surface area contributed by atoms with Crippen LogP contribution in [0.3, 0.4) is 0 Å². The molecule has 4 heteroatoms. The summed E-state index contributed by atoms with van der Waals surface area (Å²) in [5, 5.41) is 14.6. The largest absolute Gasteiger partial charge is 0.310 e. The summed E-state index contributed by atoms with van der Waals surface area (Å²) < 4.78 is 0. The van der Waals surface area contributed by atoms with E-state index in [4.69, 9.17) is 5.26 Å². The van der Waals surface area contributed by atoms with Gasteiger partial charge in [0.1, 0.15) is 0 Å². The topological polar surface area (TPSA) is 56.1 Å². The zero-order valence-corrected chi connectivity index (χ0v) is 15.4. The number of nitrogens with one attached hydrogen (secondary N) is 1. The molecule has 0 saturated carbocycles. The minimum atomic E-state index is -0.0384. The molecule has 0 spiro atoms. The minimum absolute atomic E-state index is 0.0358. The first-order valence-corrected chi connectivity index (χ1v) is 9.14. The molecule has 0 saturated heterocycles. The van der Waals surface area contributed by atoms with E-state index in [9.17, 15) is 4.79 Å². The predicted octanol–water partition coefficient (Wildman–Crippen LogP) is 4.44. The summed E-state index contributed by atoms with van der Waals surface area (Å²) in [5.74, 6) is -0.0384. The number of nitriles is 1. The zero-order valence-electron chi connectivity index (χ0n) is 15.4. The van der Waals surface area contributed by atoms with Gasteiger partial charge in [0.05, 0.1) is 19.0 Å². The fourth-order valence-electron chi connectivity index (χ4n) is 3.24. The number of anilines is 1. The summed E-state index contributed by atoms with van der Waals surface area (Å²) in [4.78, 5) is 14.5. The van der Waals surface area contributed by atoms with Gasteiger partial charge in [-0.3, -0.25) is 4.79 Å². The highest BCUT2D eigenvalue weighted by Gasteiger charge is 2.17. The molecule has 0 aliphatic heterocycles. The summed E-state index contributed by atoms with van der Waals surface area (Å²) >= 11 is 0. The lowest BCUT2D eigenvalue weighted by Gasteiger charge is -2.23. The molecule has 4 nitrogen and oxygen atoms in total. The van der Waals surface area contributed by atoms with Crippen molar-refractivity contribution in [3.8, 4) is 6.07 Å². The van der Waals surface area contributed by atoms with E-state index < -0.39 is 0 Å². The van der Waals surface area contributed by atoms with Gasteiger partial charge in [-0.05, 0) is 35.4 Å². The van der Waals surface area contributed by atoms with E-state index >= 15 is 0 Å². The van der Waals surface area contributed by atoms with Crippen LogP contribution in [0.1, 0.15) is 24.9 Å². The van der Waals surface area contributed by atoms with Gasteiger partial charge >= 0.3 is 0 Å². The van der Waals surface area contributed by atoms with Crippen molar-refractivity contribution < 1.29 is 4.79 Å². The zero-order chi connectivity index (χ0) is 19.1. The van der Waals surface area contributed by atoms with E-state index in [0.29, 0.717) is 13.0 Å². The Kier molecular flexibility index (Phi) is 6.19. The molecular formula is C23H23N3O. The van der Waals surface area contributed by atoms with Crippen molar-refractivity contribution >= 4 is 22.4 Å². The van der Waals surface area contributed by atoms with Gasteiger partial charge in [0.15, 0.2) is 0 Å². The normalized spacial score (nSPS) is 11.7. The number of amides is 1. The van der Waals surface area contributed by atoms with Crippen LogP contribution in [0.4, 0.5) is 5.69 Å². The van der Waals surface area contributed by atoms with E-state index in [-0.39, 0.29) is 18.5 Å².